The van der Waals surface area contributed by atoms with Crippen molar-refractivity contribution in [3.05, 3.63) is 55.1 Å². The van der Waals surface area contributed by atoms with Crippen molar-refractivity contribution >= 4 is 44.7 Å². The number of benzene rings is 1. The number of rotatable bonds is 3. The summed E-state index contributed by atoms with van der Waals surface area (Å²) < 4.78 is 0.798. The van der Waals surface area contributed by atoms with Crippen LogP contribution in [-0.4, -0.2) is 5.78 Å². The zero-order valence-electron chi connectivity index (χ0n) is 10.0. The van der Waals surface area contributed by atoms with E-state index in [2.05, 4.69) is 29.8 Å². The van der Waals surface area contributed by atoms with Crippen molar-refractivity contribution in [2.45, 2.75) is 19.8 Å². The van der Waals surface area contributed by atoms with Gasteiger partial charge in [-0.25, -0.2) is 0 Å². The lowest BCUT2D eigenvalue weighted by molar-refractivity contribution is 0.104. The minimum Gasteiger partial charge on any atom is -0.288 e. The van der Waals surface area contributed by atoms with E-state index in [1.807, 2.05) is 24.3 Å². The van der Waals surface area contributed by atoms with E-state index >= 15 is 0 Å². The summed E-state index contributed by atoms with van der Waals surface area (Å²) >= 11 is 10.6. The first kappa shape index (κ1) is 13.8. The maximum atomic E-state index is 12.2. The van der Waals surface area contributed by atoms with Crippen LogP contribution in [0.1, 0.15) is 40.6 Å². The Labute approximate surface area is 124 Å². The van der Waals surface area contributed by atoms with Gasteiger partial charge >= 0.3 is 0 Å². The number of hydrogen-bond donors (Lipinski definition) is 0. The number of hydrogen-bond acceptors (Lipinski definition) is 2. The first-order valence-corrected chi connectivity index (χ1v) is 7.57. The Morgan fingerprint density at radius 1 is 1.28 bits per heavy atom. The molecule has 4 heteroatoms. The molecule has 18 heavy (non-hydrogen) atoms. The highest BCUT2D eigenvalue weighted by molar-refractivity contribution is 9.11. The molecule has 0 saturated carbocycles. The normalized spacial score (nSPS) is 10.9. The molecule has 0 N–H and O–H groups in total. The van der Waals surface area contributed by atoms with E-state index in [1.165, 1.54) is 16.9 Å². The fraction of sp³-hybridized carbons (Fsp3) is 0.214. The average molecular weight is 344 g/mol. The van der Waals surface area contributed by atoms with Crippen LogP contribution in [0.5, 0.6) is 0 Å². The van der Waals surface area contributed by atoms with Gasteiger partial charge in [0.05, 0.1) is 13.7 Å². The van der Waals surface area contributed by atoms with Crippen molar-refractivity contribution in [3.63, 3.8) is 0 Å². The molecule has 0 aliphatic carbocycles. The Balaban J connectivity index is 2.28. The lowest BCUT2D eigenvalue weighted by atomic mass is 10.0. The van der Waals surface area contributed by atoms with Crippen LogP contribution in [0.2, 0.25) is 5.02 Å². The van der Waals surface area contributed by atoms with Crippen LogP contribution in [0.25, 0.3) is 0 Å². The zero-order chi connectivity index (χ0) is 13.3. The second-order valence-electron chi connectivity index (χ2n) is 4.34. The number of carbonyl (C=O) groups excluding carboxylic acids is 1. The molecular formula is C14H12BrClOS. The summed E-state index contributed by atoms with van der Waals surface area (Å²) in [7, 11) is 0. The largest absolute Gasteiger partial charge is 0.288 e. The molecule has 0 amide bonds. The lowest BCUT2D eigenvalue weighted by Crippen LogP contribution is -1.99. The van der Waals surface area contributed by atoms with Gasteiger partial charge in [0.1, 0.15) is 0 Å². The summed E-state index contributed by atoms with van der Waals surface area (Å²) in [5, 5.41) is 0.585. The van der Waals surface area contributed by atoms with E-state index in [0.29, 0.717) is 21.4 Å². The number of ketones is 1. The molecule has 1 nitrogen and oxygen atoms in total. The van der Waals surface area contributed by atoms with Gasteiger partial charge in [-0.05, 0) is 33.5 Å². The van der Waals surface area contributed by atoms with Gasteiger partial charge in [-0.15, -0.1) is 11.3 Å². The van der Waals surface area contributed by atoms with Gasteiger partial charge in [-0.2, -0.15) is 0 Å². The van der Waals surface area contributed by atoms with Crippen molar-refractivity contribution in [2.24, 2.45) is 0 Å². The topological polar surface area (TPSA) is 17.1 Å². The SMILES string of the molecule is CC(C)c1ccc(C(=O)c2cc(Cl)c(Br)s2)cc1. The minimum atomic E-state index is 0.0166. The third kappa shape index (κ3) is 2.85. The second-order valence-corrected chi connectivity index (χ2v) is 7.12. The smallest absolute Gasteiger partial charge is 0.203 e. The Kier molecular flexibility index (Phi) is 4.25. The highest BCUT2D eigenvalue weighted by Crippen LogP contribution is 2.33. The van der Waals surface area contributed by atoms with Crippen molar-refractivity contribution in [3.8, 4) is 0 Å². The van der Waals surface area contributed by atoms with E-state index in [1.54, 1.807) is 6.07 Å². The molecule has 2 aromatic rings. The Morgan fingerprint density at radius 2 is 1.89 bits per heavy atom. The molecule has 0 saturated heterocycles. The maximum absolute atomic E-state index is 12.2. The highest BCUT2D eigenvalue weighted by Gasteiger charge is 2.14. The summed E-state index contributed by atoms with van der Waals surface area (Å²) in [4.78, 5) is 12.9. The summed E-state index contributed by atoms with van der Waals surface area (Å²) in [5.41, 5.74) is 1.93. The van der Waals surface area contributed by atoms with E-state index in [0.717, 1.165) is 3.79 Å². The molecule has 0 spiro atoms. The summed E-state index contributed by atoms with van der Waals surface area (Å²) in [6.45, 7) is 4.26. The van der Waals surface area contributed by atoms with E-state index in [-0.39, 0.29) is 5.78 Å². The van der Waals surface area contributed by atoms with Gasteiger partial charge in [0.25, 0.3) is 0 Å². The summed E-state index contributed by atoms with van der Waals surface area (Å²) in [5.74, 6) is 0.488. The monoisotopic (exact) mass is 342 g/mol. The maximum Gasteiger partial charge on any atom is 0.203 e. The number of thiophene rings is 1. The molecule has 0 bridgehead atoms. The first-order valence-electron chi connectivity index (χ1n) is 5.58. The Bertz CT molecular complexity index is 552. The molecule has 2 rings (SSSR count). The molecule has 0 fully saturated rings. The van der Waals surface area contributed by atoms with Crippen LogP contribution in [0.15, 0.2) is 34.1 Å². The molecule has 0 aliphatic heterocycles. The van der Waals surface area contributed by atoms with Crippen LogP contribution in [0.4, 0.5) is 0 Å². The molecule has 0 atom stereocenters. The average Bonchev–Trinajstić information content (AvgIpc) is 2.69. The lowest BCUT2D eigenvalue weighted by Gasteiger charge is -2.05. The van der Waals surface area contributed by atoms with Gasteiger partial charge in [0.2, 0.25) is 5.78 Å². The van der Waals surface area contributed by atoms with Gasteiger partial charge in [0.15, 0.2) is 0 Å². The van der Waals surface area contributed by atoms with Crippen LogP contribution >= 0.6 is 38.9 Å². The molecule has 94 valence electrons. The van der Waals surface area contributed by atoms with Crippen molar-refractivity contribution in [2.75, 3.05) is 0 Å². The molecule has 1 heterocycles. The minimum absolute atomic E-state index is 0.0166. The zero-order valence-corrected chi connectivity index (χ0v) is 13.2. The second kappa shape index (κ2) is 5.55. The number of carbonyl (C=O) groups is 1. The first-order chi connectivity index (χ1) is 8.49. The van der Waals surface area contributed by atoms with Crippen LogP contribution in [-0.2, 0) is 0 Å². The Hall–Kier alpha value is -0.640. The standard InChI is InChI=1S/C14H12BrClOS/c1-8(2)9-3-5-10(6-4-9)13(17)12-7-11(16)14(15)18-12/h3-8H,1-2H3. The molecule has 1 aromatic heterocycles. The van der Waals surface area contributed by atoms with Crippen LogP contribution in [0.3, 0.4) is 0 Å². The predicted molar refractivity (Wildman–Crippen MR) is 81.0 cm³/mol. The Morgan fingerprint density at radius 3 is 2.33 bits per heavy atom. The third-order valence-corrected chi connectivity index (χ3v) is 5.18. The molecule has 1 aromatic carbocycles. The van der Waals surface area contributed by atoms with Crippen LogP contribution < -0.4 is 0 Å². The molecule has 0 radical (unpaired) electrons. The third-order valence-electron chi connectivity index (χ3n) is 2.71. The van der Waals surface area contributed by atoms with E-state index in [9.17, 15) is 4.79 Å². The summed E-state index contributed by atoms with van der Waals surface area (Å²) in [6, 6.07) is 9.46. The van der Waals surface area contributed by atoms with Gasteiger partial charge < -0.3 is 0 Å². The van der Waals surface area contributed by atoms with Crippen molar-refractivity contribution in [1.82, 2.24) is 0 Å². The highest BCUT2D eigenvalue weighted by atomic mass is 79.9. The quantitative estimate of drug-likeness (QED) is 0.671. The van der Waals surface area contributed by atoms with Gasteiger partial charge in [0, 0.05) is 5.56 Å². The van der Waals surface area contributed by atoms with Gasteiger partial charge in [-0.1, -0.05) is 49.7 Å². The predicted octanol–water partition coefficient (Wildman–Crippen LogP) is 5.52. The summed E-state index contributed by atoms with van der Waals surface area (Å²) in [6.07, 6.45) is 0. The fourth-order valence-electron chi connectivity index (χ4n) is 1.62. The van der Waals surface area contributed by atoms with E-state index in [4.69, 9.17) is 11.6 Å². The molecule has 0 aliphatic rings. The molecular weight excluding hydrogens is 332 g/mol. The van der Waals surface area contributed by atoms with Gasteiger partial charge in [-0.3, -0.25) is 4.79 Å². The van der Waals surface area contributed by atoms with Crippen LogP contribution in [0, 0.1) is 0 Å². The number of halogens is 2. The molecule has 0 unspecified atom stereocenters. The van der Waals surface area contributed by atoms with Crippen molar-refractivity contribution < 1.29 is 4.79 Å². The van der Waals surface area contributed by atoms with Crippen molar-refractivity contribution in [1.29, 1.82) is 0 Å². The van der Waals surface area contributed by atoms with E-state index < -0.39 is 0 Å². The fourth-order valence-corrected chi connectivity index (χ4v) is 3.28.